The van der Waals surface area contributed by atoms with Gasteiger partial charge in [0.1, 0.15) is 11.8 Å². The van der Waals surface area contributed by atoms with Gasteiger partial charge in [0, 0.05) is 11.4 Å². The van der Waals surface area contributed by atoms with E-state index in [4.69, 9.17) is 15.4 Å². The summed E-state index contributed by atoms with van der Waals surface area (Å²) in [6, 6.07) is 7.93. The van der Waals surface area contributed by atoms with E-state index in [2.05, 4.69) is 0 Å². The van der Waals surface area contributed by atoms with Crippen LogP contribution in [0.1, 0.15) is 10.4 Å². The van der Waals surface area contributed by atoms with Crippen LogP contribution in [0.5, 0.6) is 5.75 Å². The zero-order valence-electron chi connectivity index (χ0n) is 8.07. The molecule has 0 aliphatic heterocycles. The molecule has 0 atom stereocenters. The average molecular weight is 200 g/mol. The topological polar surface area (TPSA) is 73.9 Å². The number of nitrogens with zero attached hydrogens (tertiary/aromatic N) is 1. The average Bonchev–Trinajstić information content (AvgIpc) is 2.30. The van der Waals surface area contributed by atoms with Gasteiger partial charge < -0.3 is 4.74 Å². The maximum atomic E-state index is 11.5. The van der Waals surface area contributed by atoms with Crippen molar-refractivity contribution in [3.05, 3.63) is 35.4 Å². The number of carbonyl (C=O) groups is 1. The number of ketones is 1. The molecule has 74 valence electrons. The first kappa shape index (κ1) is 10.7. The van der Waals surface area contributed by atoms with E-state index in [0.29, 0.717) is 11.3 Å². The second kappa shape index (κ2) is 4.75. The number of hydrogen-bond acceptors (Lipinski definition) is 4. The molecule has 0 heterocycles. The lowest BCUT2D eigenvalue weighted by Crippen LogP contribution is -2.02. The summed E-state index contributed by atoms with van der Waals surface area (Å²) in [4.78, 5) is 11.5. The fourth-order valence-corrected chi connectivity index (χ4v) is 1.02. The molecule has 4 heteroatoms. The molecule has 0 aliphatic rings. The van der Waals surface area contributed by atoms with Crippen LogP contribution in [0.3, 0.4) is 0 Å². The summed E-state index contributed by atoms with van der Waals surface area (Å²) in [6.07, 6.45) is 0. The lowest BCUT2D eigenvalue weighted by atomic mass is 10.1. The highest BCUT2D eigenvalue weighted by Crippen LogP contribution is 2.13. The molecule has 0 bridgehead atoms. The van der Waals surface area contributed by atoms with E-state index in [1.54, 1.807) is 24.1 Å². The molecule has 1 aromatic rings. The van der Waals surface area contributed by atoms with Gasteiger partial charge in [-0.15, -0.1) is 0 Å². The van der Waals surface area contributed by atoms with Gasteiger partial charge in [-0.1, -0.05) is 0 Å². The summed E-state index contributed by atoms with van der Waals surface area (Å²) in [7, 11) is 1.52. The Hall–Kier alpha value is -2.37. The summed E-state index contributed by atoms with van der Waals surface area (Å²) >= 11 is 0. The van der Waals surface area contributed by atoms with Gasteiger partial charge in [0.05, 0.1) is 7.11 Å². The lowest BCUT2D eigenvalue weighted by Gasteiger charge is -2.00. The minimum Gasteiger partial charge on any atom is -0.497 e. The molecule has 0 radical (unpaired) electrons. The van der Waals surface area contributed by atoms with Gasteiger partial charge in [0.25, 0.3) is 0 Å². The lowest BCUT2D eigenvalue weighted by molar-refractivity contribution is 0.104. The number of ether oxygens (including phenoxy) is 1. The summed E-state index contributed by atoms with van der Waals surface area (Å²) < 4.78 is 4.93. The van der Waals surface area contributed by atoms with Gasteiger partial charge in [-0.05, 0) is 24.3 Å². The van der Waals surface area contributed by atoms with Crippen molar-refractivity contribution in [3.63, 3.8) is 0 Å². The van der Waals surface area contributed by atoms with Crippen LogP contribution in [0.25, 0.3) is 0 Å². The molecule has 0 fully saturated rings. The van der Waals surface area contributed by atoms with E-state index < -0.39 is 5.78 Å². The Morgan fingerprint density at radius 2 is 2.00 bits per heavy atom. The molecule has 1 rings (SSSR count). The van der Waals surface area contributed by atoms with Crippen molar-refractivity contribution in [2.24, 2.45) is 0 Å². The molecule has 15 heavy (non-hydrogen) atoms. The van der Waals surface area contributed by atoms with Gasteiger partial charge in [-0.2, -0.15) is 5.26 Å². The van der Waals surface area contributed by atoms with Crippen LogP contribution in [0, 0.1) is 16.7 Å². The summed E-state index contributed by atoms with van der Waals surface area (Å²) in [6.45, 7) is 0. The van der Waals surface area contributed by atoms with Crippen LogP contribution >= 0.6 is 0 Å². The van der Waals surface area contributed by atoms with E-state index in [0.717, 1.165) is 0 Å². The second-order valence-electron chi connectivity index (χ2n) is 2.67. The first-order valence-electron chi connectivity index (χ1n) is 4.11. The Morgan fingerprint density at radius 1 is 1.40 bits per heavy atom. The highest BCUT2D eigenvalue weighted by atomic mass is 16.5. The molecule has 0 aliphatic carbocycles. The third-order valence-electron chi connectivity index (χ3n) is 1.82. The second-order valence-corrected chi connectivity index (χ2v) is 2.67. The Balaban J connectivity index is 3.04. The van der Waals surface area contributed by atoms with Crippen molar-refractivity contribution in [1.82, 2.24) is 0 Å². The minimum absolute atomic E-state index is 0.305. The molecular weight excluding hydrogens is 192 g/mol. The van der Waals surface area contributed by atoms with Gasteiger partial charge >= 0.3 is 0 Å². The van der Waals surface area contributed by atoms with Crippen molar-refractivity contribution in [1.29, 1.82) is 10.7 Å². The molecule has 4 nitrogen and oxygen atoms in total. The SMILES string of the molecule is COc1ccc(C(=O)C(=C=N)C#N)cc1. The van der Waals surface area contributed by atoms with E-state index in [9.17, 15) is 4.79 Å². The van der Waals surface area contributed by atoms with Crippen molar-refractivity contribution in [2.45, 2.75) is 0 Å². The number of rotatable bonds is 3. The smallest absolute Gasteiger partial charge is 0.212 e. The molecule has 0 aromatic heterocycles. The summed E-state index contributed by atoms with van der Waals surface area (Å²) in [5.41, 5.74) is 0.0345. The van der Waals surface area contributed by atoms with Gasteiger partial charge in [0.2, 0.25) is 5.78 Å². The van der Waals surface area contributed by atoms with Crippen molar-refractivity contribution in [2.75, 3.05) is 7.11 Å². The molecule has 0 amide bonds. The zero-order chi connectivity index (χ0) is 11.3. The predicted octanol–water partition coefficient (Wildman–Crippen LogP) is 1.58. The van der Waals surface area contributed by atoms with Crippen molar-refractivity contribution in [3.8, 4) is 11.8 Å². The van der Waals surface area contributed by atoms with Crippen LogP contribution < -0.4 is 4.74 Å². The van der Waals surface area contributed by atoms with Crippen LogP contribution in [-0.4, -0.2) is 18.8 Å². The number of Topliss-reactive ketones (excluding diaryl/α,β-unsaturated/α-hetero) is 1. The van der Waals surface area contributed by atoms with Crippen LogP contribution in [0.2, 0.25) is 0 Å². The number of hydrogen-bond donors (Lipinski definition) is 1. The Kier molecular flexibility index (Phi) is 3.39. The summed E-state index contributed by atoms with van der Waals surface area (Å²) in [5, 5.41) is 15.3. The number of carbonyl (C=O) groups excluding carboxylic acids is 1. The van der Waals surface area contributed by atoms with E-state index in [1.165, 1.54) is 19.2 Å². The number of nitrogens with one attached hydrogen (secondary N) is 1. The fourth-order valence-electron chi connectivity index (χ4n) is 1.02. The number of methoxy groups -OCH3 is 1. The molecule has 1 N–H and O–H groups in total. The minimum atomic E-state index is -0.504. The molecule has 0 saturated carbocycles. The van der Waals surface area contributed by atoms with Gasteiger partial charge in [-0.3, -0.25) is 10.2 Å². The maximum absolute atomic E-state index is 11.5. The first-order valence-corrected chi connectivity index (χ1v) is 4.11. The zero-order valence-corrected chi connectivity index (χ0v) is 8.07. The molecule has 0 saturated heterocycles. The number of allylic oxidation sites excluding steroid dienone is 1. The third kappa shape index (κ3) is 2.31. The van der Waals surface area contributed by atoms with Crippen molar-refractivity contribution >= 4 is 11.7 Å². The Bertz CT molecular complexity index is 462. The molecular formula is C11H8N2O2. The van der Waals surface area contributed by atoms with E-state index >= 15 is 0 Å². The third-order valence-corrected chi connectivity index (χ3v) is 1.82. The highest BCUT2D eigenvalue weighted by molar-refractivity contribution is 6.16. The molecule has 1 aromatic carbocycles. The van der Waals surface area contributed by atoms with E-state index in [1.807, 2.05) is 0 Å². The summed E-state index contributed by atoms with van der Waals surface area (Å²) in [5.74, 6) is 1.93. The standard InChI is InChI=1S/C11H8N2O2/c1-15-10-4-2-8(3-5-10)11(14)9(6-12)7-13/h2-5,12H,1H3. The fraction of sp³-hybridized carbons (Fsp3) is 0.0909. The van der Waals surface area contributed by atoms with E-state index in [-0.39, 0.29) is 5.57 Å². The highest BCUT2D eigenvalue weighted by Gasteiger charge is 2.11. The Labute approximate surface area is 86.9 Å². The monoisotopic (exact) mass is 200 g/mol. The first-order chi connectivity index (χ1) is 7.22. The number of benzene rings is 1. The van der Waals surface area contributed by atoms with Gasteiger partial charge in [0.15, 0.2) is 5.57 Å². The quantitative estimate of drug-likeness (QED) is 0.348. The largest absolute Gasteiger partial charge is 0.497 e. The van der Waals surface area contributed by atoms with Crippen molar-refractivity contribution < 1.29 is 9.53 Å². The normalized spacial score (nSPS) is 8.53. The van der Waals surface area contributed by atoms with Gasteiger partial charge in [-0.25, -0.2) is 0 Å². The van der Waals surface area contributed by atoms with Crippen LogP contribution in [0.4, 0.5) is 0 Å². The van der Waals surface area contributed by atoms with Crippen LogP contribution in [0.15, 0.2) is 29.8 Å². The Morgan fingerprint density at radius 3 is 2.40 bits per heavy atom. The van der Waals surface area contributed by atoms with Crippen LogP contribution in [-0.2, 0) is 0 Å². The number of nitriles is 1. The molecule has 0 unspecified atom stereocenters. The maximum Gasteiger partial charge on any atom is 0.212 e. The molecule has 0 spiro atoms. The predicted molar refractivity (Wildman–Crippen MR) is 54.2 cm³/mol.